The Morgan fingerprint density at radius 1 is 1.17 bits per heavy atom. The van der Waals surface area contributed by atoms with Gasteiger partial charge in [-0.25, -0.2) is 0 Å². The summed E-state index contributed by atoms with van der Waals surface area (Å²) in [5.74, 6) is 0. The van der Waals surface area contributed by atoms with Crippen LogP contribution in [0.25, 0.3) is 0 Å². The van der Waals surface area contributed by atoms with Crippen LogP contribution in [0.4, 0.5) is 0 Å². The first-order chi connectivity index (χ1) is 2.00. The summed E-state index contributed by atoms with van der Waals surface area (Å²) in [5.41, 5.74) is 0. The molecule has 0 aliphatic carbocycles. The van der Waals surface area contributed by atoms with Gasteiger partial charge in [0.1, 0.15) is 0 Å². The fraction of sp³-hybridized carbons (Fsp3) is 0. The van der Waals surface area contributed by atoms with Crippen molar-refractivity contribution in [3.05, 3.63) is 0 Å². The van der Waals surface area contributed by atoms with Gasteiger partial charge in [-0.15, -0.1) is 0 Å². The average molecular weight is 134 g/mol. The van der Waals surface area contributed by atoms with Gasteiger partial charge >= 0.3 is 29.5 Å². The first-order valence-electron chi connectivity index (χ1n) is 0.667. The molecule has 0 saturated carbocycles. The van der Waals surface area contributed by atoms with Crippen molar-refractivity contribution in [3.8, 4) is 0 Å². The molecule has 0 rings (SSSR count). The summed E-state index contributed by atoms with van der Waals surface area (Å²) >= 11 is -5.75. The molecule has 0 aromatic carbocycles. The van der Waals surface area contributed by atoms with Crippen molar-refractivity contribution in [2.45, 2.75) is 0 Å². The number of rotatable bonds is 0. The third-order valence-corrected chi connectivity index (χ3v) is 0. The molecule has 0 amide bonds. The molecule has 0 aromatic heterocycles. The van der Waals surface area contributed by atoms with Crippen LogP contribution in [0.3, 0.4) is 0 Å². The molecule has 0 aliphatic rings. The van der Waals surface area contributed by atoms with Crippen LogP contribution in [0.1, 0.15) is 0 Å². The molecule has 0 radical (unpaired) electrons. The molecule has 0 atom stereocenters. The van der Waals surface area contributed by atoms with E-state index in [0.29, 0.717) is 0 Å². The molecule has 0 aliphatic heterocycles. The van der Waals surface area contributed by atoms with E-state index in [1.807, 2.05) is 0 Å². The third-order valence-electron chi connectivity index (χ3n) is 0. The minimum atomic E-state index is -5.75. The standard InChI is InChI=1S/Cr.H3N.4O/h;1H3;;;;/q;;;;2*-1/p+1. The van der Waals surface area contributed by atoms with Gasteiger partial charge < -0.3 is 6.15 Å². The second-order valence-corrected chi connectivity index (χ2v) is 1.68. The molecular formula is H4CrNO4-. The summed E-state index contributed by atoms with van der Waals surface area (Å²) in [6.45, 7) is 0. The van der Waals surface area contributed by atoms with E-state index >= 15 is 0 Å². The van der Waals surface area contributed by atoms with Crippen molar-refractivity contribution in [2.75, 3.05) is 0 Å². The number of hydrogen-bond donors (Lipinski definition) is 1. The molecule has 0 fully saturated rings. The first kappa shape index (κ1) is 9.38. The van der Waals surface area contributed by atoms with Crippen molar-refractivity contribution < 1.29 is 29.5 Å². The fourth-order valence-corrected chi connectivity index (χ4v) is 0. The van der Waals surface area contributed by atoms with Crippen LogP contribution < -0.4 is 14.5 Å². The predicted octanol–water partition coefficient (Wildman–Crippen LogP) is -2.24. The maximum atomic E-state index is 8.59. The van der Waals surface area contributed by atoms with E-state index < -0.39 is 13.6 Å². The van der Waals surface area contributed by atoms with Crippen LogP contribution in [-0.4, -0.2) is 0 Å². The van der Waals surface area contributed by atoms with Crippen LogP contribution in [-0.2, 0) is 21.2 Å². The second kappa shape index (κ2) is 2.23. The molecular weight excluding hydrogens is 130 g/mol. The normalized spacial score (nSPS) is 9.67. The summed E-state index contributed by atoms with van der Waals surface area (Å²) in [7, 11) is 0. The SMILES string of the molecule is [NH4+].[O]=[Cr](=[O])([O-])[O-]. The van der Waals surface area contributed by atoms with Crippen molar-refractivity contribution >= 4 is 0 Å². The Morgan fingerprint density at radius 3 is 1.17 bits per heavy atom. The van der Waals surface area contributed by atoms with Gasteiger partial charge in [-0.05, 0) is 0 Å². The van der Waals surface area contributed by atoms with Gasteiger partial charge in [0.15, 0.2) is 0 Å². The summed E-state index contributed by atoms with van der Waals surface area (Å²) in [6, 6.07) is 0. The molecule has 0 heterocycles. The zero-order valence-electron chi connectivity index (χ0n) is 3.04. The summed E-state index contributed by atoms with van der Waals surface area (Å²) in [6.07, 6.45) is 0. The van der Waals surface area contributed by atoms with Crippen molar-refractivity contribution in [3.63, 3.8) is 0 Å². The van der Waals surface area contributed by atoms with E-state index in [1.54, 1.807) is 0 Å². The van der Waals surface area contributed by atoms with Gasteiger partial charge in [0.25, 0.3) is 0 Å². The maximum absolute atomic E-state index is 8.59. The Hall–Kier alpha value is 0.0125. The Labute approximate surface area is 36.6 Å². The monoisotopic (exact) mass is 134 g/mol. The van der Waals surface area contributed by atoms with Crippen LogP contribution in [0.2, 0.25) is 0 Å². The van der Waals surface area contributed by atoms with Gasteiger partial charge in [-0.2, -0.15) is 0 Å². The summed E-state index contributed by atoms with van der Waals surface area (Å²) < 4.78 is 34.4. The Morgan fingerprint density at radius 2 is 1.17 bits per heavy atom. The molecule has 6 heteroatoms. The molecule has 5 nitrogen and oxygen atoms in total. The number of quaternary nitrogens is 1. The van der Waals surface area contributed by atoms with Gasteiger partial charge in [0, 0.05) is 0 Å². The van der Waals surface area contributed by atoms with Crippen molar-refractivity contribution in [1.29, 1.82) is 0 Å². The quantitative estimate of drug-likeness (QED) is 0.402. The molecule has 4 N–H and O–H groups in total. The van der Waals surface area contributed by atoms with Gasteiger partial charge in [0.2, 0.25) is 0 Å². The van der Waals surface area contributed by atoms with E-state index in [4.69, 9.17) is 15.9 Å². The molecule has 0 aromatic rings. The van der Waals surface area contributed by atoms with Crippen LogP contribution in [0.5, 0.6) is 0 Å². The molecule has 6 heavy (non-hydrogen) atoms. The predicted molar refractivity (Wildman–Crippen MR) is 7.36 cm³/mol. The van der Waals surface area contributed by atoms with Crippen LogP contribution in [0, 0.1) is 0 Å². The van der Waals surface area contributed by atoms with E-state index in [1.165, 1.54) is 0 Å². The zero-order valence-corrected chi connectivity index (χ0v) is 4.32. The Balaban J connectivity index is 0. The summed E-state index contributed by atoms with van der Waals surface area (Å²) in [5, 5.41) is 0. The van der Waals surface area contributed by atoms with Gasteiger partial charge in [-0.3, -0.25) is 0 Å². The van der Waals surface area contributed by atoms with E-state index in [0.717, 1.165) is 0 Å². The van der Waals surface area contributed by atoms with E-state index in [2.05, 4.69) is 0 Å². The Bertz CT molecular complexity index is 90.7. The second-order valence-electron chi connectivity index (χ2n) is 0.408. The van der Waals surface area contributed by atoms with Crippen molar-refractivity contribution in [2.24, 2.45) is 0 Å². The molecule has 0 bridgehead atoms. The van der Waals surface area contributed by atoms with E-state index in [9.17, 15) is 0 Å². The number of hydrogen-bond acceptors (Lipinski definition) is 4. The molecule has 0 unspecified atom stereocenters. The van der Waals surface area contributed by atoms with Gasteiger partial charge in [0.05, 0.1) is 0 Å². The van der Waals surface area contributed by atoms with Crippen LogP contribution >= 0.6 is 0 Å². The third kappa shape index (κ3) is 234000. The van der Waals surface area contributed by atoms with Crippen molar-refractivity contribution in [1.82, 2.24) is 6.15 Å². The Kier molecular flexibility index (Phi) is 3.49. The molecule has 40 valence electrons. The fourth-order valence-electron chi connectivity index (χ4n) is 0. The van der Waals surface area contributed by atoms with E-state index in [-0.39, 0.29) is 6.15 Å². The molecule has 0 saturated heterocycles. The van der Waals surface area contributed by atoms with Gasteiger partial charge in [-0.1, -0.05) is 0 Å². The molecule has 0 spiro atoms. The van der Waals surface area contributed by atoms with Crippen LogP contribution in [0.15, 0.2) is 0 Å². The topological polar surface area (TPSA) is 117 Å². The first-order valence-corrected chi connectivity index (χ1v) is 2.75. The minimum absolute atomic E-state index is 0. The zero-order chi connectivity index (χ0) is 4.50. The summed E-state index contributed by atoms with van der Waals surface area (Å²) in [4.78, 5) is 0. The average Bonchev–Trinajstić information content (AvgIpc) is 0.722.